The quantitative estimate of drug-likeness (QED) is 0.147. The maximum atomic E-state index is 14.2. The van der Waals surface area contributed by atoms with Crippen molar-refractivity contribution < 1.29 is 28.5 Å². The fraction of sp³-hybridized carbons (Fsp3) is 0.128. The first kappa shape index (κ1) is 35.4. The number of methoxy groups -OCH3 is 4. The van der Waals surface area contributed by atoms with Gasteiger partial charge in [-0.2, -0.15) is 0 Å². The minimum absolute atomic E-state index is 0.166. The van der Waals surface area contributed by atoms with E-state index in [0.717, 1.165) is 67.3 Å². The lowest BCUT2D eigenvalue weighted by molar-refractivity contribution is 0.0755. The first-order chi connectivity index (χ1) is 27.9. The highest BCUT2D eigenvalue weighted by Gasteiger charge is 2.28. The molecule has 0 aliphatic carbocycles. The number of aromatic amines is 2. The Labute approximate surface area is 328 Å². The molecular formula is C47H38N4O6. The van der Waals surface area contributed by atoms with Crippen LogP contribution in [0.25, 0.3) is 66.6 Å². The third kappa shape index (κ3) is 6.50. The zero-order valence-electron chi connectivity index (χ0n) is 31.8. The molecule has 0 amide bonds. The van der Waals surface area contributed by atoms with Crippen molar-refractivity contribution in [3.05, 3.63) is 138 Å². The van der Waals surface area contributed by atoms with Gasteiger partial charge in [0.25, 0.3) is 0 Å². The average molecular weight is 755 g/mol. The van der Waals surface area contributed by atoms with Crippen LogP contribution in [0.3, 0.4) is 0 Å². The van der Waals surface area contributed by atoms with E-state index in [1.165, 1.54) is 0 Å². The van der Waals surface area contributed by atoms with Crippen LogP contribution in [0.1, 0.15) is 21.9 Å². The topological polar surface area (TPSA) is 121 Å². The van der Waals surface area contributed by atoms with Crippen LogP contribution < -0.4 is 23.7 Å². The highest BCUT2D eigenvalue weighted by Crippen LogP contribution is 2.40. The third-order valence-electron chi connectivity index (χ3n) is 10.5. The minimum atomic E-state index is -0.571. The number of carbonyl (C=O) groups is 1. The Bertz CT molecular complexity index is 2810. The van der Waals surface area contributed by atoms with E-state index in [0.29, 0.717) is 46.5 Å². The fourth-order valence-corrected chi connectivity index (χ4v) is 7.62. The van der Waals surface area contributed by atoms with Crippen LogP contribution in [0.2, 0.25) is 0 Å². The molecule has 7 aromatic rings. The van der Waals surface area contributed by atoms with Crippen molar-refractivity contribution in [2.24, 2.45) is 0 Å². The molecule has 282 valence electrons. The summed E-state index contributed by atoms with van der Waals surface area (Å²) in [5.74, 6) is 2.49. The molecule has 10 heteroatoms. The van der Waals surface area contributed by atoms with Crippen molar-refractivity contribution in [2.45, 2.75) is 12.8 Å². The molecule has 57 heavy (non-hydrogen) atoms. The van der Waals surface area contributed by atoms with Gasteiger partial charge < -0.3 is 33.7 Å². The van der Waals surface area contributed by atoms with Gasteiger partial charge in [0, 0.05) is 33.2 Å². The summed E-state index contributed by atoms with van der Waals surface area (Å²) >= 11 is 0. The van der Waals surface area contributed by atoms with Crippen molar-refractivity contribution in [3.8, 4) is 73.4 Å². The minimum Gasteiger partial charge on any atom is -0.497 e. The van der Waals surface area contributed by atoms with Crippen LogP contribution in [0.15, 0.2) is 121 Å². The number of benzene rings is 4. The second kappa shape index (κ2) is 14.7. The highest BCUT2D eigenvalue weighted by molar-refractivity contribution is 6.04. The lowest BCUT2D eigenvalue weighted by atomic mass is 10.0. The Hall–Kier alpha value is -7.33. The van der Waals surface area contributed by atoms with Crippen LogP contribution in [-0.2, 0) is 12.8 Å². The molecule has 10 nitrogen and oxygen atoms in total. The van der Waals surface area contributed by atoms with Crippen molar-refractivity contribution in [2.75, 3.05) is 28.4 Å². The van der Waals surface area contributed by atoms with Crippen LogP contribution in [0.5, 0.6) is 28.9 Å². The molecule has 4 aromatic carbocycles. The number of carbonyl (C=O) groups excluding carboxylic acids is 1. The van der Waals surface area contributed by atoms with E-state index in [9.17, 15) is 4.79 Å². The second-order valence-corrected chi connectivity index (χ2v) is 13.6. The molecule has 0 saturated heterocycles. The summed E-state index contributed by atoms with van der Waals surface area (Å²) < 4.78 is 28.1. The Morgan fingerprint density at radius 2 is 0.772 bits per heavy atom. The van der Waals surface area contributed by atoms with Gasteiger partial charge >= 0.3 is 5.97 Å². The molecule has 0 atom stereocenters. The Balaban J connectivity index is 1.45. The van der Waals surface area contributed by atoms with E-state index in [-0.39, 0.29) is 11.6 Å². The van der Waals surface area contributed by atoms with Gasteiger partial charge in [0.15, 0.2) is 5.69 Å². The van der Waals surface area contributed by atoms with Crippen molar-refractivity contribution in [1.82, 2.24) is 19.9 Å². The number of hydrogen-bond donors (Lipinski definition) is 2. The van der Waals surface area contributed by atoms with Crippen molar-refractivity contribution in [1.29, 1.82) is 0 Å². The van der Waals surface area contributed by atoms with Crippen LogP contribution in [0, 0.1) is 0 Å². The van der Waals surface area contributed by atoms with E-state index in [1.807, 2.05) is 121 Å². The maximum Gasteiger partial charge on any atom is 0.364 e. The van der Waals surface area contributed by atoms with Crippen LogP contribution >= 0.6 is 0 Å². The number of fused-ring (bicyclic) bond motifs is 8. The van der Waals surface area contributed by atoms with E-state index < -0.39 is 5.97 Å². The molecule has 2 aliphatic heterocycles. The average Bonchev–Trinajstić information content (AvgIpc) is 4.09. The Morgan fingerprint density at radius 3 is 1.16 bits per heavy atom. The molecule has 5 heterocycles. The second-order valence-electron chi connectivity index (χ2n) is 13.6. The van der Waals surface area contributed by atoms with E-state index >= 15 is 0 Å². The molecule has 9 rings (SSSR count). The predicted octanol–water partition coefficient (Wildman–Crippen LogP) is 10.0. The van der Waals surface area contributed by atoms with Crippen LogP contribution in [0.4, 0.5) is 0 Å². The first-order valence-corrected chi connectivity index (χ1v) is 18.5. The van der Waals surface area contributed by atoms with E-state index in [1.54, 1.807) is 28.4 Å². The van der Waals surface area contributed by atoms with Crippen molar-refractivity contribution >= 4 is 28.0 Å². The Kier molecular flexibility index (Phi) is 9.14. The molecule has 0 unspecified atom stereocenters. The van der Waals surface area contributed by atoms with Gasteiger partial charge in [-0.05, 0) is 108 Å². The molecular weight excluding hydrogens is 717 g/mol. The maximum absolute atomic E-state index is 14.2. The molecule has 0 fully saturated rings. The summed E-state index contributed by atoms with van der Waals surface area (Å²) in [6.45, 7) is 0. The molecule has 0 saturated carbocycles. The smallest absolute Gasteiger partial charge is 0.364 e. The summed E-state index contributed by atoms with van der Waals surface area (Å²) in [5, 5.41) is 0. The van der Waals surface area contributed by atoms with Gasteiger partial charge in [-0.25, -0.2) is 9.78 Å². The van der Waals surface area contributed by atoms with Gasteiger partial charge in [0.2, 0.25) is 5.88 Å². The summed E-state index contributed by atoms with van der Waals surface area (Å²) in [7, 11) is 6.56. The zero-order valence-corrected chi connectivity index (χ0v) is 31.8. The molecule has 2 N–H and O–H groups in total. The van der Waals surface area contributed by atoms with Gasteiger partial charge in [0.05, 0.1) is 50.9 Å². The summed E-state index contributed by atoms with van der Waals surface area (Å²) in [6.07, 6.45) is 1.41. The standard InChI is InChI=1S/C47H38N4O6/c1-53-31-13-5-27(6-14-31)41-35-21-22-36(48-35)42(28-7-15-32(54-2)16-8-28)38-24-26-40(50-38)44(30-11-19-34(56-4)20-12-30)46-51-45(47(52)57-46)43(39-25-23-37(41)49-39)29-9-17-33(55-3)18-10-29/h5-20,23-26,49-50H,21-22H2,1-4H3. The SMILES string of the molecule is COc1ccc(-c2c3nc(c(-c4ccc(OC)cc4)c4ccc([nH]4)c(-c4ccc(OC)cc4)c4nc(c(-c5ccc(OC)cc5)c5ccc2[nH]5)OC4=O)CC3)cc1. The highest BCUT2D eigenvalue weighted by atomic mass is 16.6. The number of nitrogens with zero attached hydrogens (tertiary/aromatic N) is 2. The number of aryl methyl sites for hydroxylation is 2. The normalized spacial score (nSPS) is 12.2. The number of H-pyrrole nitrogens is 2. The van der Waals surface area contributed by atoms with Crippen LogP contribution in [-0.4, -0.2) is 54.3 Å². The Morgan fingerprint density at radius 1 is 0.439 bits per heavy atom. The van der Waals surface area contributed by atoms with Crippen molar-refractivity contribution in [3.63, 3.8) is 0 Å². The number of aromatic nitrogens is 4. The molecule has 2 aliphatic rings. The van der Waals surface area contributed by atoms with E-state index in [4.69, 9.17) is 33.7 Å². The first-order valence-electron chi connectivity index (χ1n) is 18.5. The number of ether oxygens (including phenoxy) is 5. The lowest BCUT2D eigenvalue weighted by Crippen LogP contribution is -2.04. The van der Waals surface area contributed by atoms with Gasteiger partial charge in [0.1, 0.15) is 23.0 Å². The van der Waals surface area contributed by atoms with Gasteiger partial charge in [-0.3, -0.25) is 4.98 Å². The van der Waals surface area contributed by atoms with E-state index in [2.05, 4.69) is 9.97 Å². The summed E-state index contributed by atoms with van der Waals surface area (Å²) in [4.78, 5) is 32.0. The number of nitrogens with one attached hydrogen (secondary N) is 2. The molecule has 8 bridgehead atoms. The fourth-order valence-electron chi connectivity index (χ4n) is 7.62. The molecule has 3 aromatic heterocycles. The number of rotatable bonds is 8. The third-order valence-corrected chi connectivity index (χ3v) is 10.5. The van der Waals surface area contributed by atoms with Gasteiger partial charge in [-0.1, -0.05) is 48.5 Å². The largest absolute Gasteiger partial charge is 0.497 e. The lowest BCUT2D eigenvalue weighted by Gasteiger charge is -2.07. The number of esters is 1. The van der Waals surface area contributed by atoms with Gasteiger partial charge in [-0.15, -0.1) is 0 Å². The summed E-state index contributed by atoms with van der Waals surface area (Å²) in [5.41, 5.74) is 11.7. The molecule has 0 spiro atoms. The predicted molar refractivity (Wildman–Crippen MR) is 221 cm³/mol. The molecule has 0 radical (unpaired) electrons. The zero-order chi connectivity index (χ0) is 39.0. The number of hydrogen-bond acceptors (Lipinski definition) is 8. The monoisotopic (exact) mass is 754 g/mol. The summed E-state index contributed by atoms with van der Waals surface area (Å²) in [6, 6.07) is 39.2.